The number of para-hydroxylation sites is 1. The molecule has 1 aliphatic heterocycles. The van der Waals surface area contributed by atoms with Gasteiger partial charge in [-0.3, -0.25) is 4.79 Å². The van der Waals surface area contributed by atoms with E-state index in [1.807, 2.05) is 54.3 Å². The van der Waals surface area contributed by atoms with E-state index in [0.717, 1.165) is 36.2 Å². The van der Waals surface area contributed by atoms with E-state index >= 15 is 0 Å². The van der Waals surface area contributed by atoms with Gasteiger partial charge in [-0.05, 0) is 43.5 Å². The van der Waals surface area contributed by atoms with Crippen molar-refractivity contribution in [1.82, 2.24) is 10.2 Å². The van der Waals surface area contributed by atoms with Gasteiger partial charge in [-0.25, -0.2) is 0 Å². The zero-order valence-electron chi connectivity index (χ0n) is 14.5. The average molecular weight is 365 g/mol. The van der Waals surface area contributed by atoms with Crippen molar-refractivity contribution in [3.63, 3.8) is 0 Å². The smallest absolute Gasteiger partial charge is 0.277 e. The number of fused-ring (bicyclic) bond motifs is 1. The third kappa shape index (κ3) is 3.51. The summed E-state index contributed by atoms with van der Waals surface area (Å²) in [5, 5.41) is 8.57. The molecule has 3 aromatic rings. The van der Waals surface area contributed by atoms with Gasteiger partial charge in [-0.2, -0.15) is 0 Å². The Morgan fingerprint density at radius 3 is 2.96 bits per heavy atom. The summed E-state index contributed by atoms with van der Waals surface area (Å²) in [5.74, 6) is 0.827. The molecule has 0 N–H and O–H groups in total. The average Bonchev–Trinajstić information content (AvgIpc) is 3.15. The quantitative estimate of drug-likeness (QED) is 0.651. The zero-order chi connectivity index (χ0) is 17.9. The second kappa shape index (κ2) is 7.33. The first kappa shape index (κ1) is 16.8. The van der Waals surface area contributed by atoms with Crippen LogP contribution in [0, 0.1) is 6.92 Å². The van der Waals surface area contributed by atoms with E-state index in [1.54, 1.807) is 0 Å². The monoisotopic (exact) mass is 365 g/mol. The summed E-state index contributed by atoms with van der Waals surface area (Å²) >= 11 is 1.29. The largest absolute Gasteiger partial charge is 0.411 e. The molecule has 0 radical (unpaired) electrons. The number of aryl methyl sites for hydroxylation is 2. The van der Waals surface area contributed by atoms with E-state index in [1.165, 1.54) is 17.3 Å². The maximum atomic E-state index is 12.7. The first-order valence-electron chi connectivity index (χ1n) is 8.62. The maximum Gasteiger partial charge on any atom is 0.277 e. The third-order valence-corrected chi connectivity index (χ3v) is 5.21. The summed E-state index contributed by atoms with van der Waals surface area (Å²) in [6.07, 6.45) is 2.02. The topological polar surface area (TPSA) is 59.2 Å². The van der Waals surface area contributed by atoms with Gasteiger partial charge in [-0.15, -0.1) is 10.2 Å². The lowest BCUT2D eigenvalue weighted by atomic mass is 10.0. The molecule has 0 saturated heterocycles. The molecule has 0 atom stereocenters. The summed E-state index contributed by atoms with van der Waals surface area (Å²) in [5.41, 5.74) is 4.28. The summed E-state index contributed by atoms with van der Waals surface area (Å²) < 4.78 is 5.70. The number of hydrogen-bond donors (Lipinski definition) is 0. The molecule has 2 heterocycles. The molecular weight excluding hydrogens is 346 g/mol. The third-order valence-electron chi connectivity index (χ3n) is 4.40. The van der Waals surface area contributed by atoms with Crippen molar-refractivity contribution in [1.29, 1.82) is 0 Å². The maximum absolute atomic E-state index is 12.7. The van der Waals surface area contributed by atoms with Gasteiger partial charge >= 0.3 is 0 Å². The molecule has 1 aliphatic rings. The van der Waals surface area contributed by atoms with Crippen LogP contribution in [0.2, 0.25) is 0 Å². The van der Waals surface area contributed by atoms with E-state index < -0.39 is 0 Å². The Labute approximate surface area is 156 Å². The number of benzene rings is 2. The highest BCUT2D eigenvalue weighted by Crippen LogP contribution is 2.29. The molecule has 1 aromatic heterocycles. The first-order chi connectivity index (χ1) is 12.7. The molecule has 2 aromatic carbocycles. The van der Waals surface area contributed by atoms with Crippen molar-refractivity contribution in [2.75, 3.05) is 17.2 Å². The highest BCUT2D eigenvalue weighted by Gasteiger charge is 2.22. The standard InChI is InChI=1S/C20H19N3O2S/c1-14-6-4-8-16(12-14)19-21-22-20(25-19)26-13-18(24)23-11-5-9-15-7-2-3-10-17(15)23/h2-4,6-8,10,12H,5,9,11,13H2,1H3. The lowest BCUT2D eigenvalue weighted by Gasteiger charge is -2.29. The van der Waals surface area contributed by atoms with Crippen molar-refractivity contribution in [2.24, 2.45) is 0 Å². The molecule has 4 rings (SSSR count). The van der Waals surface area contributed by atoms with Crippen molar-refractivity contribution < 1.29 is 9.21 Å². The molecule has 5 nitrogen and oxygen atoms in total. The van der Waals surface area contributed by atoms with E-state index in [9.17, 15) is 4.79 Å². The number of nitrogens with zero attached hydrogens (tertiary/aromatic N) is 3. The Balaban J connectivity index is 1.43. The Hall–Kier alpha value is -2.60. The van der Waals surface area contributed by atoms with Crippen molar-refractivity contribution in [2.45, 2.75) is 25.0 Å². The van der Waals surface area contributed by atoms with E-state index in [0.29, 0.717) is 11.1 Å². The van der Waals surface area contributed by atoms with Gasteiger partial charge in [0.1, 0.15) is 0 Å². The molecule has 1 amide bonds. The minimum absolute atomic E-state index is 0.0671. The number of carbonyl (C=O) groups excluding carboxylic acids is 1. The van der Waals surface area contributed by atoms with Crippen LogP contribution in [-0.2, 0) is 11.2 Å². The van der Waals surface area contributed by atoms with Gasteiger partial charge in [0.2, 0.25) is 11.8 Å². The Bertz CT molecular complexity index is 938. The van der Waals surface area contributed by atoms with Crippen LogP contribution in [0.25, 0.3) is 11.5 Å². The Morgan fingerprint density at radius 1 is 1.19 bits per heavy atom. The summed E-state index contributed by atoms with van der Waals surface area (Å²) in [6.45, 7) is 2.78. The van der Waals surface area contributed by atoms with Gasteiger partial charge in [0.25, 0.3) is 5.22 Å². The lowest BCUT2D eigenvalue weighted by Crippen LogP contribution is -2.36. The highest BCUT2D eigenvalue weighted by molar-refractivity contribution is 7.99. The number of aromatic nitrogens is 2. The number of hydrogen-bond acceptors (Lipinski definition) is 5. The molecule has 6 heteroatoms. The minimum Gasteiger partial charge on any atom is -0.411 e. The van der Waals surface area contributed by atoms with Crippen LogP contribution >= 0.6 is 11.8 Å². The summed E-state index contributed by atoms with van der Waals surface area (Å²) in [6, 6.07) is 16.0. The van der Waals surface area contributed by atoms with E-state index in [-0.39, 0.29) is 11.7 Å². The van der Waals surface area contributed by atoms with Gasteiger partial charge < -0.3 is 9.32 Å². The van der Waals surface area contributed by atoms with E-state index in [4.69, 9.17) is 4.42 Å². The van der Waals surface area contributed by atoms with Crippen LogP contribution < -0.4 is 4.90 Å². The van der Waals surface area contributed by atoms with Crippen LogP contribution in [-0.4, -0.2) is 28.4 Å². The number of anilines is 1. The molecule has 0 saturated carbocycles. The predicted molar refractivity (Wildman–Crippen MR) is 102 cm³/mol. The number of amides is 1. The molecular formula is C20H19N3O2S. The highest BCUT2D eigenvalue weighted by atomic mass is 32.2. The van der Waals surface area contributed by atoms with Crippen LogP contribution in [0.1, 0.15) is 17.5 Å². The molecule has 26 heavy (non-hydrogen) atoms. The Kier molecular flexibility index (Phi) is 4.75. The molecule has 132 valence electrons. The molecule has 0 aliphatic carbocycles. The fourth-order valence-corrected chi connectivity index (χ4v) is 3.80. The van der Waals surface area contributed by atoms with Crippen LogP contribution in [0.5, 0.6) is 0 Å². The molecule has 0 fully saturated rings. The molecule has 0 unspecified atom stereocenters. The van der Waals surface area contributed by atoms with Crippen molar-refractivity contribution in [3.8, 4) is 11.5 Å². The predicted octanol–water partition coefficient (Wildman–Crippen LogP) is 4.12. The minimum atomic E-state index is 0.0671. The van der Waals surface area contributed by atoms with Crippen LogP contribution in [0.3, 0.4) is 0 Å². The lowest BCUT2D eigenvalue weighted by molar-refractivity contribution is -0.116. The Morgan fingerprint density at radius 2 is 2.08 bits per heavy atom. The second-order valence-corrected chi connectivity index (χ2v) is 7.24. The van der Waals surface area contributed by atoms with Gasteiger partial charge in [-0.1, -0.05) is 47.7 Å². The number of thioether (sulfide) groups is 1. The SMILES string of the molecule is Cc1cccc(-c2nnc(SCC(=O)N3CCCc4ccccc43)o2)c1. The van der Waals surface area contributed by atoms with Crippen LogP contribution in [0.15, 0.2) is 58.2 Å². The zero-order valence-corrected chi connectivity index (χ0v) is 15.3. The number of carbonyl (C=O) groups is 1. The molecule has 0 spiro atoms. The van der Waals surface area contributed by atoms with Crippen LogP contribution in [0.4, 0.5) is 5.69 Å². The van der Waals surface area contributed by atoms with E-state index in [2.05, 4.69) is 16.3 Å². The fraction of sp³-hybridized carbons (Fsp3) is 0.250. The normalized spacial score (nSPS) is 13.5. The first-order valence-corrected chi connectivity index (χ1v) is 9.61. The summed E-state index contributed by atoms with van der Waals surface area (Å²) in [4.78, 5) is 14.5. The van der Waals surface area contributed by atoms with Gasteiger partial charge in [0.15, 0.2) is 0 Å². The van der Waals surface area contributed by atoms with Gasteiger partial charge in [0, 0.05) is 17.8 Å². The fourth-order valence-electron chi connectivity index (χ4n) is 3.16. The second-order valence-electron chi connectivity index (χ2n) is 6.31. The molecule has 0 bridgehead atoms. The van der Waals surface area contributed by atoms with Gasteiger partial charge in [0.05, 0.1) is 5.75 Å². The number of rotatable bonds is 4. The van der Waals surface area contributed by atoms with Crippen molar-refractivity contribution >= 4 is 23.4 Å². The van der Waals surface area contributed by atoms with Crippen molar-refractivity contribution in [3.05, 3.63) is 59.7 Å². The summed E-state index contributed by atoms with van der Waals surface area (Å²) in [7, 11) is 0.